The summed E-state index contributed by atoms with van der Waals surface area (Å²) >= 11 is 0. The lowest BCUT2D eigenvalue weighted by Crippen LogP contribution is -2.32. The first-order chi connectivity index (χ1) is 9.36. The van der Waals surface area contributed by atoms with Crippen molar-refractivity contribution in [1.82, 2.24) is 0 Å². The third kappa shape index (κ3) is 3.34. The van der Waals surface area contributed by atoms with Crippen LogP contribution >= 0.6 is 0 Å². The minimum atomic E-state index is -0.336. The molecule has 0 heterocycles. The lowest BCUT2D eigenvalue weighted by Gasteiger charge is -2.32. The van der Waals surface area contributed by atoms with Gasteiger partial charge >= 0.3 is 0 Å². The van der Waals surface area contributed by atoms with Crippen molar-refractivity contribution >= 4 is 11.4 Å². The Kier molecular flexibility index (Phi) is 4.96. The fraction of sp³-hybridized carbons (Fsp3) is 0.294. The zero-order valence-corrected chi connectivity index (χ0v) is 11.3. The van der Waals surface area contributed by atoms with Gasteiger partial charge in [-0.1, -0.05) is 49.7 Å². The predicted molar refractivity (Wildman–Crippen MR) is 79.7 cm³/mol. The number of benzene rings is 2. The van der Waals surface area contributed by atoms with Gasteiger partial charge < -0.3 is 4.90 Å². The first-order valence-electron chi connectivity index (χ1n) is 6.82. The lowest BCUT2D eigenvalue weighted by molar-refractivity contribution is 0.407. The van der Waals surface area contributed by atoms with Gasteiger partial charge in [-0.15, -0.1) is 0 Å². The normalized spacial score (nSPS) is 12.1. The molecule has 0 aliphatic heterocycles. The van der Waals surface area contributed by atoms with Crippen LogP contribution in [-0.2, 0) is 0 Å². The van der Waals surface area contributed by atoms with Crippen LogP contribution in [0.25, 0.3) is 0 Å². The molecule has 0 fully saturated rings. The maximum absolute atomic E-state index is 13.4. The molecule has 1 nitrogen and oxygen atoms in total. The second kappa shape index (κ2) is 6.93. The number of hydrogen-bond donors (Lipinski definition) is 0. The van der Waals surface area contributed by atoms with Crippen LogP contribution in [0.2, 0.25) is 0 Å². The van der Waals surface area contributed by atoms with Gasteiger partial charge in [0.2, 0.25) is 0 Å². The predicted octanol–water partition coefficient (Wildman–Crippen LogP) is 4.96. The van der Waals surface area contributed by atoms with E-state index in [2.05, 4.69) is 11.8 Å². The Morgan fingerprint density at radius 1 is 0.895 bits per heavy atom. The van der Waals surface area contributed by atoms with Crippen molar-refractivity contribution in [3.05, 3.63) is 60.7 Å². The molecule has 1 atom stereocenters. The topological polar surface area (TPSA) is 3.24 Å². The third-order valence-corrected chi connectivity index (χ3v) is 3.23. The van der Waals surface area contributed by atoms with Crippen LogP contribution in [0.4, 0.5) is 15.8 Å². The molecule has 100 valence electrons. The van der Waals surface area contributed by atoms with Gasteiger partial charge in [-0.25, -0.2) is 4.39 Å². The average Bonchev–Trinajstić information content (AvgIpc) is 2.49. The second-order valence-electron chi connectivity index (χ2n) is 4.64. The summed E-state index contributed by atoms with van der Waals surface area (Å²) in [5.41, 5.74) is 2.09. The molecule has 0 aliphatic carbocycles. The summed E-state index contributed by atoms with van der Waals surface area (Å²) in [5.74, 6) is 0. The van der Waals surface area contributed by atoms with Crippen LogP contribution in [0, 0.1) is 0 Å². The largest absolute Gasteiger partial charge is 0.336 e. The van der Waals surface area contributed by atoms with Gasteiger partial charge in [0, 0.05) is 11.4 Å². The summed E-state index contributed by atoms with van der Waals surface area (Å²) in [6, 6.07) is 20.0. The Balaban J connectivity index is 2.38. The summed E-state index contributed by atoms with van der Waals surface area (Å²) in [6.45, 7) is 1.76. The minimum absolute atomic E-state index is 0.102. The standard InChI is InChI=1S/C17H20FN/c1-2-9-17(14-18)19(15-10-5-3-6-11-15)16-12-7-4-8-13-16/h3-8,10-13,17H,2,9,14H2,1H3. The van der Waals surface area contributed by atoms with Gasteiger partial charge in [-0.2, -0.15) is 0 Å². The molecule has 2 heteroatoms. The van der Waals surface area contributed by atoms with Crippen LogP contribution in [0.1, 0.15) is 19.8 Å². The van der Waals surface area contributed by atoms with E-state index in [4.69, 9.17) is 0 Å². The van der Waals surface area contributed by atoms with Gasteiger partial charge in [-0.3, -0.25) is 0 Å². The Labute approximate surface area is 114 Å². The number of para-hydroxylation sites is 2. The van der Waals surface area contributed by atoms with E-state index >= 15 is 0 Å². The molecule has 1 unspecified atom stereocenters. The van der Waals surface area contributed by atoms with Crippen LogP contribution in [0.5, 0.6) is 0 Å². The van der Waals surface area contributed by atoms with Gasteiger partial charge in [0.15, 0.2) is 0 Å². The Bertz CT molecular complexity index is 430. The van der Waals surface area contributed by atoms with Crippen molar-refractivity contribution in [2.24, 2.45) is 0 Å². The quantitative estimate of drug-likeness (QED) is 0.706. The zero-order valence-electron chi connectivity index (χ0n) is 11.3. The Hall–Kier alpha value is -1.83. The number of alkyl halides is 1. The third-order valence-electron chi connectivity index (χ3n) is 3.23. The molecule has 19 heavy (non-hydrogen) atoms. The molecule has 0 N–H and O–H groups in total. The second-order valence-corrected chi connectivity index (χ2v) is 4.64. The SMILES string of the molecule is CCCC(CF)N(c1ccccc1)c1ccccc1. The molecule has 0 radical (unpaired) electrons. The molecule has 0 saturated heterocycles. The fourth-order valence-electron chi connectivity index (χ4n) is 2.36. The van der Waals surface area contributed by atoms with E-state index < -0.39 is 0 Å². The van der Waals surface area contributed by atoms with E-state index in [1.807, 2.05) is 60.7 Å². The first-order valence-corrected chi connectivity index (χ1v) is 6.82. The van der Waals surface area contributed by atoms with E-state index in [-0.39, 0.29) is 12.7 Å². The van der Waals surface area contributed by atoms with Crippen molar-refractivity contribution in [3.8, 4) is 0 Å². The summed E-state index contributed by atoms with van der Waals surface area (Å²) in [6.07, 6.45) is 1.82. The van der Waals surface area contributed by atoms with Crippen LogP contribution in [0.15, 0.2) is 60.7 Å². The molecule has 0 saturated carbocycles. The van der Waals surface area contributed by atoms with Crippen molar-refractivity contribution in [1.29, 1.82) is 0 Å². The maximum atomic E-state index is 13.4. The van der Waals surface area contributed by atoms with Gasteiger partial charge in [-0.05, 0) is 30.7 Å². The van der Waals surface area contributed by atoms with Crippen molar-refractivity contribution in [2.45, 2.75) is 25.8 Å². The summed E-state index contributed by atoms with van der Waals surface area (Å²) in [4.78, 5) is 2.10. The lowest BCUT2D eigenvalue weighted by atomic mass is 10.1. The molecule has 0 bridgehead atoms. The number of nitrogens with zero attached hydrogens (tertiary/aromatic N) is 1. The van der Waals surface area contributed by atoms with Gasteiger partial charge in [0.1, 0.15) is 6.67 Å². The molecule has 2 aromatic rings. The highest BCUT2D eigenvalue weighted by Crippen LogP contribution is 2.29. The molecule has 0 aliphatic rings. The van der Waals surface area contributed by atoms with E-state index in [1.165, 1.54) is 0 Å². The van der Waals surface area contributed by atoms with Crippen LogP contribution in [-0.4, -0.2) is 12.7 Å². The smallest absolute Gasteiger partial charge is 0.110 e. The van der Waals surface area contributed by atoms with Crippen molar-refractivity contribution < 1.29 is 4.39 Å². The van der Waals surface area contributed by atoms with E-state index in [1.54, 1.807) is 0 Å². The van der Waals surface area contributed by atoms with E-state index in [0.29, 0.717) is 0 Å². The van der Waals surface area contributed by atoms with Crippen molar-refractivity contribution in [3.63, 3.8) is 0 Å². The van der Waals surface area contributed by atoms with Crippen molar-refractivity contribution in [2.75, 3.05) is 11.6 Å². The van der Waals surface area contributed by atoms with Crippen LogP contribution in [0.3, 0.4) is 0 Å². The molecular weight excluding hydrogens is 237 g/mol. The number of anilines is 2. The number of rotatable bonds is 6. The highest BCUT2D eigenvalue weighted by molar-refractivity contribution is 5.64. The molecular formula is C17H20FN. The molecule has 2 rings (SSSR count). The zero-order chi connectivity index (χ0) is 13.5. The maximum Gasteiger partial charge on any atom is 0.110 e. The molecule has 0 amide bonds. The minimum Gasteiger partial charge on any atom is -0.336 e. The molecule has 0 aromatic heterocycles. The van der Waals surface area contributed by atoms with Gasteiger partial charge in [0.25, 0.3) is 0 Å². The van der Waals surface area contributed by atoms with Crippen LogP contribution < -0.4 is 4.90 Å². The van der Waals surface area contributed by atoms with E-state index in [0.717, 1.165) is 24.2 Å². The number of hydrogen-bond acceptors (Lipinski definition) is 1. The number of halogens is 1. The monoisotopic (exact) mass is 257 g/mol. The molecule has 0 spiro atoms. The first kappa shape index (κ1) is 13.6. The average molecular weight is 257 g/mol. The van der Waals surface area contributed by atoms with Gasteiger partial charge in [0.05, 0.1) is 6.04 Å². The Morgan fingerprint density at radius 3 is 1.74 bits per heavy atom. The molecule has 2 aromatic carbocycles. The summed E-state index contributed by atoms with van der Waals surface area (Å²) in [5, 5.41) is 0. The highest BCUT2D eigenvalue weighted by Gasteiger charge is 2.19. The summed E-state index contributed by atoms with van der Waals surface area (Å²) in [7, 11) is 0. The highest BCUT2D eigenvalue weighted by atomic mass is 19.1. The van der Waals surface area contributed by atoms with E-state index in [9.17, 15) is 4.39 Å². The fourth-order valence-corrected chi connectivity index (χ4v) is 2.36. The summed E-state index contributed by atoms with van der Waals surface area (Å²) < 4.78 is 13.4. The Morgan fingerprint density at radius 2 is 1.37 bits per heavy atom.